The van der Waals surface area contributed by atoms with Crippen LogP contribution in [-0.4, -0.2) is 86.9 Å². The molecule has 1 aromatic heterocycles. The molecule has 5 rings (SSSR count). The Hall–Kier alpha value is -3.07. The summed E-state index contributed by atoms with van der Waals surface area (Å²) in [7, 11) is -7.84. The van der Waals surface area contributed by atoms with E-state index in [0.29, 0.717) is 18.5 Å². The predicted molar refractivity (Wildman–Crippen MR) is 181 cm³/mol. The smallest absolute Gasteiger partial charge is 0.258 e. The van der Waals surface area contributed by atoms with Crippen LogP contribution < -0.4 is 10.6 Å². The molecule has 3 heterocycles. The fraction of sp³-hybridized carbons (Fsp3) is 0.406. The molecular formula is C32H37Cl2N5O6S2. The lowest BCUT2D eigenvalue weighted by atomic mass is 10.0. The Balaban J connectivity index is 1.28. The molecular weight excluding hydrogens is 685 g/mol. The largest absolute Gasteiger partial charge is 0.352 e. The molecule has 0 aliphatic carbocycles. The lowest BCUT2D eigenvalue weighted by Crippen LogP contribution is -2.48. The molecule has 2 aromatic carbocycles. The van der Waals surface area contributed by atoms with Crippen LogP contribution >= 0.6 is 23.2 Å². The molecule has 2 aliphatic heterocycles. The first-order valence-corrected chi connectivity index (χ1v) is 19.4. The quantitative estimate of drug-likeness (QED) is 0.313. The highest BCUT2D eigenvalue weighted by molar-refractivity contribution is 7.91. The molecule has 252 valence electrons. The van der Waals surface area contributed by atoms with Gasteiger partial charge in [-0.3, -0.25) is 19.5 Å². The van der Waals surface area contributed by atoms with Crippen LogP contribution in [0.25, 0.3) is 0 Å². The van der Waals surface area contributed by atoms with E-state index in [2.05, 4.69) is 20.5 Å². The summed E-state index contributed by atoms with van der Waals surface area (Å²) < 4.78 is 53.5. The zero-order chi connectivity index (χ0) is 33.9. The Morgan fingerprint density at radius 3 is 2.23 bits per heavy atom. The molecule has 0 bridgehead atoms. The average Bonchev–Trinajstić information content (AvgIpc) is 3.49. The number of hydrogen-bond donors (Lipinski definition) is 2. The topological polar surface area (TPSA) is 146 Å². The summed E-state index contributed by atoms with van der Waals surface area (Å²) in [6.07, 6.45) is 7.64. The Morgan fingerprint density at radius 2 is 1.60 bits per heavy atom. The van der Waals surface area contributed by atoms with Gasteiger partial charge in [-0.15, -0.1) is 0 Å². The van der Waals surface area contributed by atoms with E-state index in [9.17, 15) is 26.4 Å². The van der Waals surface area contributed by atoms with Crippen LogP contribution in [0.15, 0.2) is 70.7 Å². The van der Waals surface area contributed by atoms with Crippen molar-refractivity contribution in [2.45, 2.75) is 66.9 Å². The molecule has 15 heteroatoms. The first-order valence-electron chi connectivity index (χ1n) is 15.3. The van der Waals surface area contributed by atoms with Gasteiger partial charge in [0.1, 0.15) is 6.04 Å². The molecule has 3 atom stereocenters. The van der Waals surface area contributed by atoms with Crippen molar-refractivity contribution in [3.8, 4) is 0 Å². The number of anilines is 1. The standard InChI is InChI=1S/C32H37Cl2N5O6S2/c1-21(15-22-9-11-23(12-10-22)37-32(41)30-27(33)18-35-19-28(30)34)36-31(40)29-16-24(38-13-4-3-5-14-38)20-39(29)47(44,45)26-8-6-7-25(17-26)46(2,42)43/h6-12,17-19,21,24,29H,3-5,13-16,20H2,1-2H3,(H,36,40)(H,37,41)/t21-,24-,29+/m1/s1. The summed E-state index contributed by atoms with van der Waals surface area (Å²) in [6.45, 7) is 3.66. The van der Waals surface area contributed by atoms with Crippen molar-refractivity contribution in [3.63, 3.8) is 0 Å². The van der Waals surface area contributed by atoms with Gasteiger partial charge in [-0.1, -0.05) is 47.8 Å². The number of likely N-dealkylation sites (tertiary alicyclic amines) is 1. The summed E-state index contributed by atoms with van der Waals surface area (Å²) in [5.74, 6) is -0.882. The summed E-state index contributed by atoms with van der Waals surface area (Å²) >= 11 is 12.2. The number of sulfonamides is 1. The van der Waals surface area contributed by atoms with Gasteiger partial charge in [-0.2, -0.15) is 4.31 Å². The van der Waals surface area contributed by atoms with Crippen molar-refractivity contribution in [2.75, 3.05) is 31.2 Å². The summed E-state index contributed by atoms with van der Waals surface area (Å²) in [5.41, 5.74) is 1.53. The number of amides is 2. The van der Waals surface area contributed by atoms with E-state index in [-0.39, 0.29) is 44.0 Å². The molecule has 2 N–H and O–H groups in total. The molecule has 47 heavy (non-hydrogen) atoms. The second-order valence-electron chi connectivity index (χ2n) is 12.1. The molecule has 0 spiro atoms. The Morgan fingerprint density at radius 1 is 0.957 bits per heavy atom. The number of benzene rings is 2. The van der Waals surface area contributed by atoms with Crippen LogP contribution in [0.3, 0.4) is 0 Å². The van der Waals surface area contributed by atoms with Gasteiger partial charge in [0, 0.05) is 43.0 Å². The molecule has 11 nitrogen and oxygen atoms in total. The van der Waals surface area contributed by atoms with Gasteiger partial charge in [0.2, 0.25) is 15.9 Å². The van der Waals surface area contributed by atoms with Crippen LogP contribution in [0.2, 0.25) is 10.0 Å². The SMILES string of the molecule is C[C@H](Cc1ccc(NC(=O)c2c(Cl)cncc2Cl)cc1)NC(=O)[C@@H]1C[C@@H](N2CCCCC2)CN1S(=O)(=O)c1cccc(S(C)(=O)=O)c1. The fourth-order valence-electron chi connectivity index (χ4n) is 6.13. The normalized spacial score (nSPS) is 20.1. The number of rotatable bonds is 10. The number of nitrogens with one attached hydrogen (secondary N) is 2. The summed E-state index contributed by atoms with van der Waals surface area (Å²) in [5, 5.41) is 6.03. The zero-order valence-corrected chi connectivity index (χ0v) is 29.2. The molecule has 2 saturated heterocycles. The van der Waals surface area contributed by atoms with E-state index in [1.165, 1.54) is 34.9 Å². The lowest BCUT2D eigenvalue weighted by molar-refractivity contribution is -0.124. The minimum absolute atomic E-state index is 0.101. The highest BCUT2D eigenvalue weighted by Gasteiger charge is 2.46. The van der Waals surface area contributed by atoms with E-state index < -0.39 is 37.7 Å². The number of nitrogens with zero attached hydrogens (tertiary/aromatic N) is 3. The third kappa shape index (κ3) is 8.33. The minimum atomic E-state index is -4.20. The zero-order valence-electron chi connectivity index (χ0n) is 26.0. The van der Waals surface area contributed by atoms with Crippen molar-refractivity contribution < 1.29 is 26.4 Å². The van der Waals surface area contributed by atoms with Crippen LogP contribution in [0.4, 0.5) is 5.69 Å². The van der Waals surface area contributed by atoms with Gasteiger partial charge < -0.3 is 10.6 Å². The number of carbonyl (C=O) groups is 2. The third-order valence-electron chi connectivity index (χ3n) is 8.51. The molecule has 0 radical (unpaired) electrons. The van der Waals surface area contributed by atoms with Crippen molar-refractivity contribution in [1.29, 1.82) is 0 Å². The molecule has 2 fully saturated rings. The van der Waals surface area contributed by atoms with Crippen LogP contribution in [0, 0.1) is 0 Å². The van der Waals surface area contributed by atoms with E-state index >= 15 is 0 Å². The molecule has 3 aromatic rings. The van der Waals surface area contributed by atoms with E-state index in [1.807, 2.05) is 19.1 Å². The first-order chi connectivity index (χ1) is 22.2. The maximum absolute atomic E-state index is 14.0. The maximum atomic E-state index is 14.0. The second-order valence-corrected chi connectivity index (χ2v) is 16.8. The van der Waals surface area contributed by atoms with E-state index in [1.54, 1.807) is 12.1 Å². The lowest BCUT2D eigenvalue weighted by Gasteiger charge is -2.32. The summed E-state index contributed by atoms with van der Waals surface area (Å²) in [6, 6.07) is 10.9. The summed E-state index contributed by atoms with van der Waals surface area (Å²) in [4.78, 5) is 32.3. The van der Waals surface area contributed by atoms with Crippen LogP contribution in [-0.2, 0) is 31.1 Å². The van der Waals surface area contributed by atoms with Gasteiger partial charge in [0.05, 0.1) is 25.4 Å². The van der Waals surface area contributed by atoms with Crippen LogP contribution in [0.1, 0.15) is 48.5 Å². The van der Waals surface area contributed by atoms with Crippen molar-refractivity contribution in [1.82, 2.24) is 19.5 Å². The van der Waals surface area contributed by atoms with Gasteiger partial charge >= 0.3 is 0 Å². The van der Waals surface area contributed by atoms with Crippen molar-refractivity contribution in [2.24, 2.45) is 0 Å². The maximum Gasteiger partial charge on any atom is 0.258 e. The Labute approximate surface area is 285 Å². The molecule has 0 saturated carbocycles. The highest BCUT2D eigenvalue weighted by Crippen LogP contribution is 2.31. The van der Waals surface area contributed by atoms with Crippen molar-refractivity contribution in [3.05, 3.63) is 82.1 Å². The Kier molecular flexibility index (Phi) is 10.9. The number of piperidine rings is 1. The molecule has 2 amide bonds. The van der Waals surface area contributed by atoms with Gasteiger partial charge in [-0.25, -0.2) is 16.8 Å². The van der Waals surface area contributed by atoms with Gasteiger partial charge in [0.15, 0.2) is 9.84 Å². The Bertz CT molecular complexity index is 1830. The first kappa shape index (κ1) is 35.2. The fourth-order valence-corrected chi connectivity index (χ4v) is 9.09. The third-order valence-corrected chi connectivity index (χ3v) is 12.1. The predicted octanol–water partition coefficient (Wildman–Crippen LogP) is 4.41. The number of hydrogen-bond acceptors (Lipinski definition) is 8. The molecule has 2 aliphatic rings. The average molecular weight is 723 g/mol. The number of halogens is 2. The highest BCUT2D eigenvalue weighted by atomic mass is 35.5. The van der Waals surface area contributed by atoms with Gasteiger partial charge in [-0.05, 0) is 81.6 Å². The monoisotopic (exact) mass is 721 g/mol. The number of sulfone groups is 1. The van der Waals surface area contributed by atoms with Gasteiger partial charge in [0.25, 0.3) is 5.91 Å². The van der Waals surface area contributed by atoms with E-state index in [4.69, 9.17) is 23.2 Å². The van der Waals surface area contributed by atoms with E-state index in [0.717, 1.165) is 50.2 Å². The number of aromatic nitrogens is 1. The van der Waals surface area contributed by atoms with Crippen molar-refractivity contribution >= 4 is 60.6 Å². The molecule has 0 unspecified atom stereocenters. The minimum Gasteiger partial charge on any atom is -0.352 e. The number of carbonyl (C=O) groups excluding carboxylic acids is 2. The second kappa shape index (κ2) is 14.6. The number of pyridine rings is 1. The van der Waals surface area contributed by atoms with Crippen LogP contribution in [0.5, 0.6) is 0 Å².